The van der Waals surface area contributed by atoms with Crippen molar-refractivity contribution in [1.29, 1.82) is 5.26 Å². The molecule has 0 fully saturated rings. The van der Waals surface area contributed by atoms with Crippen molar-refractivity contribution >= 4 is 23.4 Å². The van der Waals surface area contributed by atoms with E-state index in [0.29, 0.717) is 18.8 Å². The number of nitrogens with zero attached hydrogens (tertiary/aromatic N) is 5. The third-order valence-corrected chi connectivity index (χ3v) is 3.24. The van der Waals surface area contributed by atoms with Gasteiger partial charge in [0, 0.05) is 25.3 Å². The molecule has 122 valence electrons. The molecule has 1 heterocycles. The van der Waals surface area contributed by atoms with Crippen molar-refractivity contribution in [2.24, 2.45) is 5.10 Å². The van der Waals surface area contributed by atoms with Gasteiger partial charge >= 0.3 is 0 Å². The van der Waals surface area contributed by atoms with Gasteiger partial charge in [-0.2, -0.15) is 10.4 Å². The summed E-state index contributed by atoms with van der Waals surface area (Å²) in [4.78, 5) is 15.9. The third-order valence-electron chi connectivity index (χ3n) is 3.24. The molecule has 8 nitrogen and oxygen atoms in total. The second kappa shape index (κ2) is 8.24. The van der Waals surface area contributed by atoms with Crippen molar-refractivity contribution in [3.63, 3.8) is 0 Å². The fourth-order valence-corrected chi connectivity index (χ4v) is 1.89. The Balaban J connectivity index is 1.92. The molecule has 0 aliphatic carbocycles. The average molecular weight is 324 g/mol. The first-order valence-electron chi connectivity index (χ1n) is 7.18. The fourth-order valence-electron chi connectivity index (χ4n) is 1.89. The molecular formula is C16H16N6O2. The highest BCUT2D eigenvalue weighted by molar-refractivity contribution is 5.80. The van der Waals surface area contributed by atoms with Crippen LogP contribution in [0.15, 0.2) is 47.7 Å². The van der Waals surface area contributed by atoms with Crippen LogP contribution in [0, 0.1) is 21.4 Å². The molecule has 1 N–H and O–H groups in total. The number of anilines is 2. The molecule has 24 heavy (non-hydrogen) atoms. The number of aromatic nitrogens is 1. The van der Waals surface area contributed by atoms with E-state index in [9.17, 15) is 10.1 Å². The van der Waals surface area contributed by atoms with Crippen molar-refractivity contribution < 1.29 is 4.92 Å². The van der Waals surface area contributed by atoms with Gasteiger partial charge in [0.2, 0.25) is 0 Å². The Bertz CT molecular complexity index is 750. The molecule has 0 unspecified atom stereocenters. The van der Waals surface area contributed by atoms with Crippen molar-refractivity contribution in [3.05, 3.63) is 58.3 Å². The predicted molar refractivity (Wildman–Crippen MR) is 92.1 cm³/mol. The molecule has 8 heteroatoms. The van der Waals surface area contributed by atoms with Crippen molar-refractivity contribution in [1.82, 2.24) is 4.98 Å². The minimum atomic E-state index is -0.505. The molecule has 2 aromatic rings. The van der Waals surface area contributed by atoms with E-state index in [1.54, 1.807) is 6.21 Å². The molecular weight excluding hydrogens is 308 g/mol. The molecule has 1 aromatic carbocycles. The van der Waals surface area contributed by atoms with Gasteiger partial charge in [0.05, 0.1) is 23.6 Å². The van der Waals surface area contributed by atoms with Crippen molar-refractivity contribution in [2.75, 3.05) is 23.9 Å². The maximum absolute atomic E-state index is 10.5. The minimum absolute atomic E-state index is 0.0689. The van der Waals surface area contributed by atoms with Crippen LogP contribution in [-0.2, 0) is 0 Å². The zero-order valence-corrected chi connectivity index (χ0v) is 13.1. The SMILES string of the molecule is CN(CCC#N)c1ccc(/C=N/Nc2ccc([N+](=O)[O-])cn2)cc1. The van der Waals surface area contributed by atoms with Crippen molar-refractivity contribution in [3.8, 4) is 6.07 Å². The topological polar surface area (TPSA) is 107 Å². The summed E-state index contributed by atoms with van der Waals surface area (Å²) in [6.45, 7) is 0.678. The summed E-state index contributed by atoms with van der Waals surface area (Å²) in [5.74, 6) is 0.421. The quantitative estimate of drug-likeness (QED) is 0.476. The van der Waals surface area contributed by atoms with Crippen LogP contribution in [0.3, 0.4) is 0 Å². The van der Waals surface area contributed by atoms with Crippen LogP contribution in [0.2, 0.25) is 0 Å². The van der Waals surface area contributed by atoms with E-state index in [-0.39, 0.29) is 5.69 Å². The summed E-state index contributed by atoms with van der Waals surface area (Å²) < 4.78 is 0. The van der Waals surface area contributed by atoms with Gasteiger partial charge in [0.15, 0.2) is 0 Å². The van der Waals surface area contributed by atoms with Crippen molar-refractivity contribution in [2.45, 2.75) is 6.42 Å². The zero-order valence-electron chi connectivity index (χ0n) is 13.1. The van der Waals surface area contributed by atoms with Gasteiger partial charge in [-0.05, 0) is 23.8 Å². The molecule has 0 amide bonds. The summed E-state index contributed by atoms with van der Waals surface area (Å²) in [7, 11) is 1.93. The highest BCUT2D eigenvalue weighted by Gasteiger charge is 2.04. The van der Waals surface area contributed by atoms with Crippen LogP contribution >= 0.6 is 0 Å². The van der Waals surface area contributed by atoms with E-state index in [4.69, 9.17) is 5.26 Å². The Hall–Kier alpha value is -3.47. The number of hydrazone groups is 1. The number of nitriles is 1. The molecule has 1 aromatic heterocycles. The molecule has 2 rings (SSSR count). The molecule has 0 aliphatic heterocycles. The van der Waals surface area contributed by atoms with E-state index in [2.05, 4.69) is 21.6 Å². The summed E-state index contributed by atoms with van der Waals surface area (Å²) in [5, 5.41) is 23.2. The maximum Gasteiger partial charge on any atom is 0.287 e. The third kappa shape index (κ3) is 4.78. The number of hydrogen-bond donors (Lipinski definition) is 1. The van der Waals surface area contributed by atoms with Crippen LogP contribution in [0.5, 0.6) is 0 Å². The van der Waals surface area contributed by atoms with Gasteiger partial charge in [-0.1, -0.05) is 12.1 Å². The van der Waals surface area contributed by atoms with Crippen LogP contribution in [-0.4, -0.2) is 29.7 Å². The van der Waals surface area contributed by atoms with Gasteiger partial charge in [0.1, 0.15) is 12.0 Å². The summed E-state index contributed by atoms with van der Waals surface area (Å²) in [5.41, 5.74) is 4.56. The van der Waals surface area contributed by atoms with Gasteiger partial charge < -0.3 is 4.90 Å². The zero-order chi connectivity index (χ0) is 17.4. The Labute approximate surface area is 139 Å². The first-order valence-corrected chi connectivity index (χ1v) is 7.18. The number of nitrogens with one attached hydrogen (secondary N) is 1. The Morgan fingerprint density at radius 3 is 2.71 bits per heavy atom. The summed E-state index contributed by atoms with van der Waals surface area (Å²) >= 11 is 0. The fraction of sp³-hybridized carbons (Fsp3) is 0.188. The van der Waals surface area contributed by atoms with Gasteiger partial charge in [-0.3, -0.25) is 15.5 Å². The number of benzene rings is 1. The number of pyridine rings is 1. The van der Waals surface area contributed by atoms with Gasteiger partial charge in [-0.15, -0.1) is 0 Å². The van der Waals surface area contributed by atoms with E-state index in [1.807, 2.05) is 36.2 Å². The van der Waals surface area contributed by atoms with Crippen LogP contribution in [0.25, 0.3) is 0 Å². The molecule has 0 saturated heterocycles. The lowest BCUT2D eigenvalue weighted by Crippen LogP contribution is -2.17. The Morgan fingerprint density at radius 2 is 2.12 bits per heavy atom. The molecule has 0 spiro atoms. The summed E-state index contributed by atoms with van der Waals surface area (Å²) in [6.07, 6.45) is 3.28. The second-order valence-electron chi connectivity index (χ2n) is 4.95. The normalized spacial score (nSPS) is 10.3. The molecule has 0 radical (unpaired) electrons. The standard InChI is InChI=1S/C16H16N6O2/c1-21(10-2-9-17)14-5-3-13(4-6-14)11-19-20-16-8-7-15(12-18-16)22(23)24/h3-8,11-12H,2,10H2,1H3,(H,18,20)/b19-11+. The van der Waals surface area contributed by atoms with Crippen LogP contribution in [0.1, 0.15) is 12.0 Å². The highest BCUT2D eigenvalue weighted by Crippen LogP contribution is 2.14. The largest absolute Gasteiger partial charge is 0.374 e. The number of rotatable bonds is 7. The lowest BCUT2D eigenvalue weighted by atomic mass is 10.2. The van der Waals surface area contributed by atoms with Gasteiger partial charge in [-0.25, -0.2) is 4.98 Å². The van der Waals surface area contributed by atoms with Gasteiger partial charge in [0.25, 0.3) is 5.69 Å². The monoisotopic (exact) mass is 324 g/mol. The van der Waals surface area contributed by atoms with E-state index in [0.717, 1.165) is 11.3 Å². The first-order chi connectivity index (χ1) is 11.6. The smallest absolute Gasteiger partial charge is 0.287 e. The molecule has 0 aliphatic rings. The number of nitro groups is 1. The maximum atomic E-state index is 10.5. The molecule has 0 bridgehead atoms. The second-order valence-corrected chi connectivity index (χ2v) is 4.95. The Kier molecular flexibility index (Phi) is 5.80. The molecule has 0 saturated carbocycles. The van der Waals surface area contributed by atoms with Crippen LogP contribution < -0.4 is 10.3 Å². The van der Waals surface area contributed by atoms with E-state index in [1.165, 1.54) is 18.3 Å². The lowest BCUT2D eigenvalue weighted by Gasteiger charge is -2.17. The summed E-state index contributed by atoms with van der Waals surface area (Å²) in [6, 6.07) is 12.7. The average Bonchev–Trinajstić information content (AvgIpc) is 2.60. The first kappa shape index (κ1) is 16.9. The van der Waals surface area contributed by atoms with E-state index >= 15 is 0 Å². The lowest BCUT2D eigenvalue weighted by molar-refractivity contribution is -0.385. The minimum Gasteiger partial charge on any atom is -0.374 e. The highest BCUT2D eigenvalue weighted by atomic mass is 16.6. The predicted octanol–water partition coefficient (Wildman–Crippen LogP) is 2.79. The Morgan fingerprint density at radius 1 is 1.38 bits per heavy atom. The van der Waals surface area contributed by atoms with Crippen LogP contribution in [0.4, 0.5) is 17.2 Å². The molecule has 0 atom stereocenters. The van der Waals surface area contributed by atoms with E-state index < -0.39 is 4.92 Å². The number of hydrogen-bond acceptors (Lipinski definition) is 7.